The van der Waals surface area contributed by atoms with Crippen molar-refractivity contribution in [1.29, 1.82) is 0 Å². The Labute approximate surface area is 151 Å². The molecule has 1 aliphatic heterocycles. The van der Waals surface area contributed by atoms with Gasteiger partial charge in [0, 0.05) is 32.2 Å². The van der Waals surface area contributed by atoms with Gasteiger partial charge in [0.2, 0.25) is 0 Å². The van der Waals surface area contributed by atoms with Crippen LogP contribution in [0, 0.1) is 0 Å². The molecule has 1 heterocycles. The zero-order valence-electron chi connectivity index (χ0n) is 14.3. The van der Waals surface area contributed by atoms with E-state index < -0.39 is 12.1 Å². The van der Waals surface area contributed by atoms with Gasteiger partial charge >= 0.3 is 12.1 Å². The number of halogens is 3. The van der Waals surface area contributed by atoms with Gasteiger partial charge in [0.1, 0.15) is 0 Å². The summed E-state index contributed by atoms with van der Waals surface area (Å²) >= 11 is 0. The van der Waals surface area contributed by atoms with Crippen LogP contribution in [-0.4, -0.2) is 41.0 Å². The highest BCUT2D eigenvalue weighted by Crippen LogP contribution is 2.25. The molecule has 0 N–H and O–H groups in total. The fourth-order valence-corrected chi connectivity index (χ4v) is 3.35. The van der Waals surface area contributed by atoms with E-state index in [9.17, 15) is 18.0 Å². The van der Waals surface area contributed by atoms with E-state index in [-0.39, 0.29) is 19.1 Å². The average molecular weight is 362 g/mol. The molecule has 0 radical (unpaired) electrons. The van der Waals surface area contributed by atoms with Crippen LogP contribution >= 0.6 is 0 Å². The molecular weight excluding hydrogens is 341 g/mol. The number of hydrogen-bond acceptors (Lipinski definition) is 2. The first-order valence-corrected chi connectivity index (χ1v) is 8.61. The van der Waals surface area contributed by atoms with E-state index in [0.717, 1.165) is 16.0 Å². The minimum Gasteiger partial charge on any atom is -0.333 e. The van der Waals surface area contributed by atoms with Gasteiger partial charge in [0.05, 0.1) is 0 Å². The number of likely N-dealkylation sites (tertiary alicyclic amines) is 1. The van der Waals surface area contributed by atoms with Crippen molar-refractivity contribution >= 4 is 5.91 Å². The van der Waals surface area contributed by atoms with Crippen LogP contribution in [0.15, 0.2) is 60.7 Å². The van der Waals surface area contributed by atoms with Crippen molar-refractivity contribution in [3.63, 3.8) is 0 Å². The van der Waals surface area contributed by atoms with Crippen molar-refractivity contribution in [3.05, 3.63) is 71.8 Å². The maximum absolute atomic E-state index is 12.7. The first-order chi connectivity index (χ1) is 12.4. The van der Waals surface area contributed by atoms with E-state index in [4.69, 9.17) is 0 Å². The van der Waals surface area contributed by atoms with Crippen LogP contribution in [0.1, 0.15) is 17.5 Å². The van der Waals surface area contributed by atoms with E-state index in [0.29, 0.717) is 19.5 Å². The highest BCUT2D eigenvalue weighted by molar-refractivity contribution is 5.82. The van der Waals surface area contributed by atoms with E-state index in [1.165, 1.54) is 0 Å². The van der Waals surface area contributed by atoms with Gasteiger partial charge in [0.25, 0.3) is 0 Å². The maximum Gasteiger partial charge on any atom is 0.471 e. The SMILES string of the molecule is O=C(N1CCC(N(Cc2ccccc2)Cc2ccccc2)C1)C(F)(F)F. The number of hydrogen-bond donors (Lipinski definition) is 0. The molecule has 0 bridgehead atoms. The number of carbonyl (C=O) groups is 1. The molecule has 1 amide bonds. The van der Waals surface area contributed by atoms with E-state index in [1.54, 1.807) is 0 Å². The Hall–Kier alpha value is -2.34. The molecule has 6 heteroatoms. The lowest BCUT2D eigenvalue weighted by Crippen LogP contribution is -2.42. The van der Waals surface area contributed by atoms with Gasteiger partial charge in [-0.3, -0.25) is 9.69 Å². The Morgan fingerprint density at radius 1 is 0.962 bits per heavy atom. The Balaban J connectivity index is 1.74. The Kier molecular flexibility index (Phi) is 5.61. The Morgan fingerprint density at radius 3 is 1.92 bits per heavy atom. The predicted molar refractivity (Wildman–Crippen MR) is 93.2 cm³/mol. The normalized spacial score (nSPS) is 17.7. The Morgan fingerprint density at radius 2 is 1.46 bits per heavy atom. The third-order valence-electron chi connectivity index (χ3n) is 4.67. The van der Waals surface area contributed by atoms with Gasteiger partial charge < -0.3 is 4.90 Å². The van der Waals surface area contributed by atoms with Crippen LogP contribution in [0.3, 0.4) is 0 Å². The number of amides is 1. The molecule has 1 unspecified atom stereocenters. The predicted octanol–water partition coefficient (Wildman–Crippen LogP) is 3.85. The van der Waals surface area contributed by atoms with Crippen molar-refractivity contribution in [2.45, 2.75) is 31.7 Å². The van der Waals surface area contributed by atoms with E-state index in [2.05, 4.69) is 4.90 Å². The Bertz CT molecular complexity index is 677. The van der Waals surface area contributed by atoms with Crippen molar-refractivity contribution in [1.82, 2.24) is 9.80 Å². The number of nitrogens with zero attached hydrogens (tertiary/aromatic N) is 2. The molecule has 0 saturated carbocycles. The molecule has 1 fully saturated rings. The lowest BCUT2D eigenvalue weighted by atomic mass is 10.1. The fourth-order valence-electron chi connectivity index (χ4n) is 3.35. The number of alkyl halides is 3. The number of rotatable bonds is 5. The lowest BCUT2D eigenvalue weighted by Gasteiger charge is -2.29. The number of carbonyl (C=O) groups excluding carboxylic acids is 1. The van der Waals surface area contributed by atoms with Crippen molar-refractivity contribution < 1.29 is 18.0 Å². The van der Waals surface area contributed by atoms with Crippen LogP contribution in [-0.2, 0) is 17.9 Å². The highest BCUT2D eigenvalue weighted by atomic mass is 19.4. The fraction of sp³-hybridized carbons (Fsp3) is 0.350. The standard InChI is InChI=1S/C20H21F3N2O/c21-20(22,23)19(26)24-12-11-18(15-24)25(13-16-7-3-1-4-8-16)14-17-9-5-2-6-10-17/h1-10,18H,11-15H2. The molecule has 0 aliphatic carbocycles. The summed E-state index contributed by atoms with van der Waals surface area (Å²) in [6, 6.07) is 19.6. The van der Waals surface area contributed by atoms with Crippen LogP contribution in [0.25, 0.3) is 0 Å². The minimum atomic E-state index is -4.81. The second kappa shape index (κ2) is 7.91. The molecule has 1 atom stereocenters. The molecule has 3 nitrogen and oxygen atoms in total. The third-order valence-corrected chi connectivity index (χ3v) is 4.67. The van der Waals surface area contributed by atoms with Crippen molar-refractivity contribution in [2.24, 2.45) is 0 Å². The smallest absolute Gasteiger partial charge is 0.333 e. The summed E-state index contributed by atoms with van der Waals surface area (Å²) in [6.07, 6.45) is -4.26. The summed E-state index contributed by atoms with van der Waals surface area (Å²) in [5, 5.41) is 0. The first kappa shape index (κ1) is 18.5. The second-order valence-electron chi connectivity index (χ2n) is 6.57. The maximum atomic E-state index is 12.7. The number of benzene rings is 2. The summed E-state index contributed by atoms with van der Waals surface area (Å²) < 4.78 is 38.2. The van der Waals surface area contributed by atoms with Gasteiger partial charge in [-0.25, -0.2) is 0 Å². The molecule has 138 valence electrons. The average Bonchev–Trinajstić information content (AvgIpc) is 3.11. The quantitative estimate of drug-likeness (QED) is 0.807. The summed E-state index contributed by atoms with van der Waals surface area (Å²) in [5.74, 6) is -1.74. The van der Waals surface area contributed by atoms with Crippen LogP contribution in [0.5, 0.6) is 0 Å². The van der Waals surface area contributed by atoms with Crippen molar-refractivity contribution in [3.8, 4) is 0 Å². The zero-order valence-corrected chi connectivity index (χ0v) is 14.3. The van der Waals surface area contributed by atoms with E-state index in [1.807, 2.05) is 60.7 Å². The molecule has 0 aromatic heterocycles. The molecule has 2 aromatic rings. The lowest BCUT2D eigenvalue weighted by molar-refractivity contribution is -0.184. The monoisotopic (exact) mass is 362 g/mol. The molecule has 1 aliphatic rings. The zero-order chi connectivity index (χ0) is 18.6. The molecule has 3 rings (SSSR count). The molecule has 26 heavy (non-hydrogen) atoms. The molecular formula is C20H21F3N2O. The van der Waals surface area contributed by atoms with Crippen LogP contribution in [0.4, 0.5) is 13.2 Å². The van der Waals surface area contributed by atoms with Crippen LogP contribution in [0.2, 0.25) is 0 Å². The third kappa shape index (κ3) is 4.64. The van der Waals surface area contributed by atoms with Gasteiger partial charge in [-0.15, -0.1) is 0 Å². The summed E-state index contributed by atoms with van der Waals surface area (Å²) in [7, 11) is 0. The van der Waals surface area contributed by atoms with Gasteiger partial charge in [-0.05, 0) is 17.5 Å². The summed E-state index contributed by atoms with van der Waals surface area (Å²) in [6.45, 7) is 1.52. The van der Waals surface area contributed by atoms with Crippen molar-refractivity contribution in [2.75, 3.05) is 13.1 Å². The van der Waals surface area contributed by atoms with Gasteiger partial charge in [0.15, 0.2) is 0 Å². The van der Waals surface area contributed by atoms with Crippen LogP contribution < -0.4 is 0 Å². The topological polar surface area (TPSA) is 23.6 Å². The largest absolute Gasteiger partial charge is 0.471 e. The summed E-state index contributed by atoms with van der Waals surface area (Å²) in [4.78, 5) is 14.6. The molecule has 2 aromatic carbocycles. The highest BCUT2D eigenvalue weighted by Gasteiger charge is 2.45. The van der Waals surface area contributed by atoms with Gasteiger partial charge in [-0.2, -0.15) is 13.2 Å². The summed E-state index contributed by atoms with van der Waals surface area (Å²) in [5.41, 5.74) is 2.20. The van der Waals surface area contributed by atoms with E-state index >= 15 is 0 Å². The molecule has 1 saturated heterocycles. The first-order valence-electron chi connectivity index (χ1n) is 8.61. The van der Waals surface area contributed by atoms with Gasteiger partial charge in [-0.1, -0.05) is 60.7 Å². The minimum absolute atomic E-state index is 0.0956. The molecule has 0 spiro atoms. The second-order valence-corrected chi connectivity index (χ2v) is 6.57.